The summed E-state index contributed by atoms with van der Waals surface area (Å²) < 4.78 is 5.23. The van der Waals surface area contributed by atoms with E-state index in [4.69, 9.17) is 16.2 Å². The van der Waals surface area contributed by atoms with Gasteiger partial charge in [-0.1, -0.05) is 0 Å². The smallest absolute Gasteiger partial charge is 0.250 e. The molecule has 2 rings (SSSR count). The van der Waals surface area contributed by atoms with Crippen LogP contribution >= 0.6 is 0 Å². The van der Waals surface area contributed by atoms with Crippen LogP contribution in [-0.2, 0) is 14.3 Å². The predicted molar refractivity (Wildman–Crippen MR) is 47.7 cm³/mol. The highest BCUT2D eigenvalue weighted by atomic mass is 16.5. The molecular weight excluding hydrogens is 184 g/mol. The van der Waals surface area contributed by atoms with Crippen molar-refractivity contribution in [1.82, 2.24) is 0 Å². The number of hydrogen-bond acceptors (Lipinski definition) is 3. The molecule has 2 aliphatic rings. The maximum atomic E-state index is 11.2. The zero-order valence-corrected chi connectivity index (χ0v) is 8.00. The Bertz CT molecular complexity index is 309. The molecule has 2 fully saturated rings. The first kappa shape index (κ1) is 9.45. The molecule has 4 N–H and O–H groups in total. The van der Waals surface area contributed by atoms with Crippen molar-refractivity contribution in [3.63, 3.8) is 0 Å². The van der Waals surface area contributed by atoms with Crippen LogP contribution in [0.4, 0.5) is 0 Å². The topological polar surface area (TPSA) is 95.4 Å². The van der Waals surface area contributed by atoms with Crippen LogP contribution < -0.4 is 11.5 Å². The van der Waals surface area contributed by atoms with Crippen LogP contribution in [0.1, 0.15) is 19.8 Å². The Morgan fingerprint density at radius 2 is 1.93 bits per heavy atom. The summed E-state index contributed by atoms with van der Waals surface area (Å²) in [6.45, 7) is 2.17. The highest BCUT2D eigenvalue weighted by molar-refractivity contribution is 5.92. The van der Waals surface area contributed by atoms with Gasteiger partial charge >= 0.3 is 0 Å². The molecule has 77 valence electrons. The molecule has 5 heteroatoms. The summed E-state index contributed by atoms with van der Waals surface area (Å²) in [5, 5.41) is 0. The monoisotopic (exact) mass is 197 g/mol. The second-order valence-electron chi connectivity index (χ2n) is 4.29. The molecule has 2 amide bonds. The molecule has 1 atom stereocenters. The minimum absolute atomic E-state index is 0.261. The number of primary amides is 2. The van der Waals surface area contributed by atoms with E-state index in [1.54, 1.807) is 6.92 Å². The lowest BCUT2D eigenvalue weighted by molar-refractivity contribution is -0.265. The van der Waals surface area contributed by atoms with Crippen molar-refractivity contribution in [2.24, 2.45) is 16.9 Å². The van der Waals surface area contributed by atoms with E-state index in [0.717, 1.165) is 0 Å². The van der Waals surface area contributed by atoms with Crippen LogP contribution in [0, 0.1) is 11.3 Å². The highest BCUT2D eigenvalue weighted by Crippen LogP contribution is 2.61. The normalized spacial score (nSPS) is 34.6. The summed E-state index contributed by atoms with van der Waals surface area (Å²) >= 11 is 0. The van der Waals surface area contributed by atoms with Gasteiger partial charge in [0.25, 0.3) is 0 Å². The van der Waals surface area contributed by atoms with Crippen molar-refractivity contribution < 1.29 is 14.3 Å². The first-order chi connectivity index (χ1) is 6.41. The van der Waals surface area contributed by atoms with Crippen molar-refractivity contribution in [2.75, 3.05) is 6.61 Å². The third-order valence-electron chi connectivity index (χ3n) is 3.57. The first-order valence-electron chi connectivity index (χ1n) is 4.50. The zero-order chi connectivity index (χ0) is 10.6. The van der Waals surface area contributed by atoms with Crippen LogP contribution in [0.2, 0.25) is 0 Å². The van der Waals surface area contributed by atoms with Gasteiger partial charge < -0.3 is 16.2 Å². The number of nitrogens with two attached hydrogens (primary N) is 2. The number of carbonyl (C=O) groups is 2. The predicted octanol–water partition coefficient (Wildman–Crippen LogP) is -0.899. The van der Waals surface area contributed by atoms with E-state index >= 15 is 0 Å². The molecule has 1 radical (unpaired) electrons. The van der Waals surface area contributed by atoms with Gasteiger partial charge in [0.05, 0.1) is 12.5 Å². The van der Waals surface area contributed by atoms with Crippen molar-refractivity contribution in [3.05, 3.63) is 5.92 Å². The lowest BCUT2D eigenvalue weighted by Gasteiger charge is -2.62. The lowest BCUT2D eigenvalue weighted by atomic mass is 9.51. The van der Waals surface area contributed by atoms with Crippen molar-refractivity contribution in [3.8, 4) is 0 Å². The zero-order valence-electron chi connectivity index (χ0n) is 8.00. The molecule has 1 aliphatic carbocycles. The maximum absolute atomic E-state index is 11.2. The fraction of sp³-hybridized carbons (Fsp3) is 0.667. The Morgan fingerprint density at radius 3 is 2.21 bits per heavy atom. The number of rotatable bonds is 2. The molecule has 1 heterocycles. The Kier molecular flexibility index (Phi) is 1.67. The molecule has 1 spiro atoms. The second kappa shape index (κ2) is 2.48. The fourth-order valence-electron chi connectivity index (χ4n) is 2.20. The van der Waals surface area contributed by atoms with Crippen LogP contribution in [0.5, 0.6) is 0 Å². The molecule has 5 nitrogen and oxygen atoms in total. The third-order valence-corrected chi connectivity index (χ3v) is 3.57. The Labute approximate surface area is 81.8 Å². The minimum Gasteiger partial charge on any atom is -0.369 e. The minimum atomic E-state index is -0.911. The van der Waals surface area contributed by atoms with Gasteiger partial charge in [0, 0.05) is 5.41 Å². The average molecular weight is 197 g/mol. The summed E-state index contributed by atoms with van der Waals surface area (Å²) in [5.74, 6) is -0.164. The van der Waals surface area contributed by atoms with Crippen molar-refractivity contribution >= 4 is 11.8 Å². The Morgan fingerprint density at radius 1 is 1.36 bits per heavy atom. The SMILES string of the molecule is CC1(C(N)=O)OCC12C[C](C(N)=O)C2. The first-order valence-corrected chi connectivity index (χ1v) is 4.50. The van der Waals surface area contributed by atoms with E-state index in [0.29, 0.717) is 25.4 Å². The van der Waals surface area contributed by atoms with Crippen molar-refractivity contribution in [2.45, 2.75) is 25.4 Å². The van der Waals surface area contributed by atoms with Gasteiger partial charge in [0.15, 0.2) is 5.60 Å². The van der Waals surface area contributed by atoms with Crippen molar-refractivity contribution in [1.29, 1.82) is 0 Å². The third kappa shape index (κ3) is 0.877. The van der Waals surface area contributed by atoms with E-state index in [2.05, 4.69) is 0 Å². The van der Waals surface area contributed by atoms with E-state index in [9.17, 15) is 9.59 Å². The van der Waals surface area contributed by atoms with Gasteiger partial charge in [-0.05, 0) is 19.8 Å². The van der Waals surface area contributed by atoms with E-state index in [-0.39, 0.29) is 11.3 Å². The number of hydrogen-bond donors (Lipinski definition) is 2. The van der Waals surface area contributed by atoms with E-state index < -0.39 is 11.5 Å². The van der Waals surface area contributed by atoms with Gasteiger partial charge in [-0.3, -0.25) is 9.59 Å². The Balaban J connectivity index is 2.09. The lowest BCUT2D eigenvalue weighted by Crippen LogP contribution is -2.72. The molecule has 0 aromatic heterocycles. The van der Waals surface area contributed by atoms with Crippen LogP contribution in [0.3, 0.4) is 0 Å². The largest absolute Gasteiger partial charge is 0.369 e. The maximum Gasteiger partial charge on any atom is 0.250 e. The van der Waals surface area contributed by atoms with Gasteiger partial charge in [-0.15, -0.1) is 0 Å². The summed E-state index contributed by atoms with van der Waals surface area (Å²) in [5.41, 5.74) is 9.21. The number of carbonyl (C=O) groups excluding carboxylic acids is 2. The average Bonchev–Trinajstić information content (AvgIpc) is 1.97. The van der Waals surface area contributed by atoms with Gasteiger partial charge in [0.2, 0.25) is 11.8 Å². The Hall–Kier alpha value is -1.10. The fourth-order valence-corrected chi connectivity index (χ4v) is 2.20. The van der Waals surface area contributed by atoms with Crippen LogP contribution in [0.25, 0.3) is 0 Å². The molecule has 1 unspecified atom stereocenters. The molecule has 0 bridgehead atoms. The molecule has 1 saturated carbocycles. The van der Waals surface area contributed by atoms with E-state index in [1.165, 1.54) is 0 Å². The second-order valence-corrected chi connectivity index (χ2v) is 4.29. The number of amides is 2. The molecule has 14 heavy (non-hydrogen) atoms. The number of ether oxygens (including phenoxy) is 1. The quantitative estimate of drug-likeness (QED) is 0.600. The molecule has 1 aliphatic heterocycles. The standard InChI is InChI=1S/C9H13N2O3/c1-8(7(11)13)9(4-14-8)2-5(3-9)6(10)12/h2-4H2,1H3,(H2,10,12)(H2,11,13). The summed E-state index contributed by atoms with van der Waals surface area (Å²) in [6, 6.07) is 0. The highest BCUT2D eigenvalue weighted by Gasteiger charge is 2.68. The molecule has 0 aromatic carbocycles. The van der Waals surface area contributed by atoms with E-state index in [1.807, 2.05) is 0 Å². The molecule has 0 aromatic rings. The van der Waals surface area contributed by atoms with Gasteiger partial charge in [0.1, 0.15) is 0 Å². The molecular formula is C9H13N2O3. The van der Waals surface area contributed by atoms with Crippen LogP contribution in [-0.4, -0.2) is 24.0 Å². The van der Waals surface area contributed by atoms with Crippen LogP contribution in [0.15, 0.2) is 0 Å². The summed E-state index contributed by atoms with van der Waals surface area (Å²) in [7, 11) is 0. The van der Waals surface area contributed by atoms with Gasteiger partial charge in [-0.25, -0.2) is 0 Å². The van der Waals surface area contributed by atoms with Gasteiger partial charge in [-0.2, -0.15) is 0 Å². The summed E-state index contributed by atoms with van der Waals surface area (Å²) in [4.78, 5) is 22.0. The summed E-state index contributed by atoms with van der Waals surface area (Å²) in [6.07, 6.45) is 1.09. The molecule has 1 saturated heterocycles.